The molecule has 0 radical (unpaired) electrons. The lowest BCUT2D eigenvalue weighted by atomic mass is 10.2. The highest BCUT2D eigenvalue weighted by Gasteiger charge is 2.37. The summed E-state index contributed by atoms with van der Waals surface area (Å²) in [7, 11) is 0.992. The number of hydrogen-bond acceptors (Lipinski definition) is 4. The van der Waals surface area contributed by atoms with Crippen LogP contribution in [0.2, 0.25) is 12.1 Å². The van der Waals surface area contributed by atoms with Crippen molar-refractivity contribution >= 4 is 8.56 Å². The number of rotatable bonds is 13. The van der Waals surface area contributed by atoms with E-state index in [2.05, 4.69) is 20.8 Å². The lowest BCUT2D eigenvalue weighted by Gasteiger charge is -2.30. The van der Waals surface area contributed by atoms with Crippen molar-refractivity contribution in [3.05, 3.63) is 18.2 Å². The van der Waals surface area contributed by atoms with Crippen molar-refractivity contribution in [3.63, 3.8) is 0 Å². The van der Waals surface area contributed by atoms with Crippen molar-refractivity contribution in [1.29, 1.82) is 0 Å². The molecule has 1 rings (SSSR count). The largest absolute Gasteiger partial charge is 0.515 e. The monoisotopic (exact) mass is 354 g/mol. The van der Waals surface area contributed by atoms with Crippen LogP contribution in [0.3, 0.4) is 0 Å². The number of unbranched alkanes of at least 4 members (excludes halogenated alkanes) is 4. The number of ether oxygens (including phenoxy) is 2. The average molecular weight is 355 g/mol. The molecule has 1 aromatic rings. The first-order chi connectivity index (χ1) is 11.7. The van der Waals surface area contributed by atoms with Crippen molar-refractivity contribution in [3.8, 4) is 17.2 Å². The molecular formula is C19H34O4Si. The maximum absolute atomic E-state index is 6.44. The molecular weight excluding hydrogens is 320 g/mol. The van der Waals surface area contributed by atoms with Crippen molar-refractivity contribution in [1.82, 2.24) is 0 Å². The summed E-state index contributed by atoms with van der Waals surface area (Å²) >= 11 is 0. The molecule has 24 heavy (non-hydrogen) atoms. The van der Waals surface area contributed by atoms with E-state index in [1.807, 2.05) is 18.2 Å². The van der Waals surface area contributed by atoms with Crippen LogP contribution in [-0.2, 0) is 4.43 Å². The predicted molar refractivity (Wildman–Crippen MR) is 102 cm³/mol. The maximum Gasteiger partial charge on any atom is 0.398 e. The minimum absolute atomic E-state index is 0.670. The van der Waals surface area contributed by atoms with Crippen molar-refractivity contribution in [2.75, 3.05) is 20.8 Å². The summed E-state index contributed by atoms with van der Waals surface area (Å²) in [5.41, 5.74) is 0. The van der Waals surface area contributed by atoms with Gasteiger partial charge in [-0.3, -0.25) is 0 Å². The molecule has 1 aromatic carbocycles. The summed E-state index contributed by atoms with van der Waals surface area (Å²) in [5, 5.41) is 0. The van der Waals surface area contributed by atoms with Gasteiger partial charge < -0.3 is 18.3 Å². The molecule has 5 heteroatoms. The molecule has 0 aliphatic heterocycles. The Balaban J connectivity index is 2.77. The van der Waals surface area contributed by atoms with Crippen LogP contribution < -0.4 is 13.9 Å². The van der Waals surface area contributed by atoms with E-state index in [-0.39, 0.29) is 0 Å². The van der Waals surface area contributed by atoms with Crippen LogP contribution in [0.1, 0.15) is 52.9 Å². The fraction of sp³-hybridized carbons (Fsp3) is 0.684. The Labute approximate surface area is 148 Å². The Morgan fingerprint density at radius 2 is 1.42 bits per heavy atom. The maximum atomic E-state index is 6.44. The van der Waals surface area contributed by atoms with Crippen LogP contribution in [0.25, 0.3) is 0 Å². The van der Waals surface area contributed by atoms with Crippen LogP contribution in [0.5, 0.6) is 17.2 Å². The number of para-hydroxylation sites is 1. The second-order valence-corrected chi connectivity index (χ2v) is 9.70. The topological polar surface area (TPSA) is 36.9 Å². The fourth-order valence-electron chi connectivity index (χ4n) is 2.70. The molecule has 0 amide bonds. The van der Waals surface area contributed by atoms with Gasteiger partial charge in [-0.15, -0.1) is 0 Å². The molecule has 0 saturated heterocycles. The highest BCUT2D eigenvalue weighted by atomic mass is 28.4. The molecule has 0 spiro atoms. The van der Waals surface area contributed by atoms with Crippen molar-refractivity contribution in [2.45, 2.75) is 65.0 Å². The third kappa shape index (κ3) is 6.02. The van der Waals surface area contributed by atoms with Gasteiger partial charge in [0.2, 0.25) is 0 Å². The van der Waals surface area contributed by atoms with Crippen LogP contribution in [-0.4, -0.2) is 29.4 Å². The third-order valence-corrected chi connectivity index (χ3v) is 7.82. The van der Waals surface area contributed by atoms with Gasteiger partial charge in [-0.1, -0.05) is 52.5 Å². The second kappa shape index (κ2) is 11.4. The number of hydrogen-bond donors (Lipinski definition) is 0. The van der Waals surface area contributed by atoms with Crippen LogP contribution in [0.15, 0.2) is 18.2 Å². The first-order valence-corrected chi connectivity index (χ1v) is 11.4. The van der Waals surface area contributed by atoms with Gasteiger partial charge in [-0.25, -0.2) is 0 Å². The molecule has 0 aromatic heterocycles. The lowest BCUT2D eigenvalue weighted by molar-refractivity contribution is 0.224. The Morgan fingerprint density at radius 3 is 1.92 bits per heavy atom. The first-order valence-electron chi connectivity index (χ1n) is 9.20. The highest BCUT2D eigenvalue weighted by molar-refractivity contribution is 6.68. The molecule has 0 heterocycles. The van der Waals surface area contributed by atoms with Crippen LogP contribution in [0, 0.1) is 0 Å². The number of benzene rings is 1. The van der Waals surface area contributed by atoms with Gasteiger partial charge >= 0.3 is 8.56 Å². The summed E-state index contributed by atoms with van der Waals surface area (Å²) in [5.74, 6) is 2.06. The summed E-state index contributed by atoms with van der Waals surface area (Å²) in [6, 6.07) is 7.50. The molecule has 0 unspecified atom stereocenters. The third-order valence-electron chi connectivity index (χ3n) is 4.36. The molecule has 4 nitrogen and oxygen atoms in total. The highest BCUT2D eigenvalue weighted by Crippen LogP contribution is 2.39. The molecule has 0 N–H and O–H groups in total. The molecule has 0 fully saturated rings. The zero-order valence-corrected chi connectivity index (χ0v) is 17.0. The van der Waals surface area contributed by atoms with E-state index < -0.39 is 8.56 Å². The van der Waals surface area contributed by atoms with E-state index in [4.69, 9.17) is 18.3 Å². The molecule has 0 saturated carbocycles. The Bertz CT molecular complexity index is 438. The minimum Gasteiger partial charge on any atom is -0.515 e. The predicted octanol–water partition coefficient (Wildman–Crippen LogP) is 5.55. The van der Waals surface area contributed by atoms with E-state index in [1.165, 1.54) is 25.7 Å². The summed E-state index contributed by atoms with van der Waals surface area (Å²) in [6.45, 7) is 7.30. The zero-order chi connectivity index (χ0) is 17.8. The van der Waals surface area contributed by atoms with E-state index in [9.17, 15) is 0 Å². The zero-order valence-electron chi connectivity index (χ0n) is 16.0. The van der Waals surface area contributed by atoms with Crippen molar-refractivity contribution in [2.24, 2.45) is 0 Å². The Morgan fingerprint density at radius 1 is 0.833 bits per heavy atom. The van der Waals surface area contributed by atoms with Gasteiger partial charge in [-0.2, -0.15) is 0 Å². The summed E-state index contributed by atoms with van der Waals surface area (Å²) in [6.07, 6.45) is 6.18. The van der Waals surface area contributed by atoms with Gasteiger partial charge in [0.05, 0.1) is 14.2 Å². The normalized spacial score (nSPS) is 11.4. The van der Waals surface area contributed by atoms with E-state index in [1.54, 1.807) is 14.2 Å². The van der Waals surface area contributed by atoms with Crippen LogP contribution in [0.4, 0.5) is 0 Å². The van der Waals surface area contributed by atoms with E-state index >= 15 is 0 Å². The second-order valence-electron chi connectivity index (χ2n) is 5.97. The van der Waals surface area contributed by atoms with Crippen LogP contribution >= 0.6 is 0 Å². The summed E-state index contributed by atoms with van der Waals surface area (Å²) < 4.78 is 23.7. The summed E-state index contributed by atoms with van der Waals surface area (Å²) in [4.78, 5) is 0. The Hall–Kier alpha value is -1.20. The molecule has 138 valence electrons. The molecule has 0 aliphatic rings. The molecule has 0 aliphatic carbocycles. The van der Waals surface area contributed by atoms with Gasteiger partial charge in [-0.05, 0) is 30.6 Å². The van der Waals surface area contributed by atoms with Crippen molar-refractivity contribution < 1.29 is 18.3 Å². The van der Waals surface area contributed by atoms with Gasteiger partial charge in [0.1, 0.15) is 0 Å². The van der Waals surface area contributed by atoms with Gasteiger partial charge in [0, 0.05) is 6.61 Å². The smallest absolute Gasteiger partial charge is 0.398 e. The quantitative estimate of drug-likeness (QED) is 0.344. The van der Waals surface area contributed by atoms with Gasteiger partial charge in [0.15, 0.2) is 17.2 Å². The Kier molecular flexibility index (Phi) is 9.87. The molecule has 0 bridgehead atoms. The number of methoxy groups -OCH3 is 2. The SMILES string of the molecule is CCCCCCCO[Si](CC)(CC)Oc1c(OC)cccc1OC. The lowest BCUT2D eigenvalue weighted by Crippen LogP contribution is -2.44. The fourth-order valence-corrected chi connectivity index (χ4v) is 5.04. The molecule has 0 atom stereocenters. The average Bonchev–Trinajstić information content (AvgIpc) is 2.63. The van der Waals surface area contributed by atoms with E-state index in [0.29, 0.717) is 17.2 Å². The minimum atomic E-state index is -2.31. The first kappa shape index (κ1) is 20.8. The van der Waals surface area contributed by atoms with E-state index in [0.717, 1.165) is 25.1 Å². The standard InChI is InChI=1S/C19H34O4Si/c1-6-9-10-11-12-16-22-24(7-2,8-3)23-19-17(20-4)14-13-15-18(19)21-5/h13-15H,6-12,16H2,1-5H3. The van der Waals surface area contributed by atoms with Gasteiger partial charge in [0.25, 0.3) is 0 Å².